The second-order valence-corrected chi connectivity index (χ2v) is 7.00. The number of para-hydroxylation sites is 1. The molecule has 4 rings (SSSR count). The molecular formula is C24H18N2O7. The molecule has 0 atom stereocenters. The lowest BCUT2D eigenvalue weighted by molar-refractivity contribution is -0.394. The van der Waals surface area contributed by atoms with Crippen LogP contribution in [0.2, 0.25) is 0 Å². The fraction of sp³-hybridized carbons (Fsp3) is 0.0417. The normalized spacial score (nSPS) is 10.2. The van der Waals surface area contributed by atoms with Gasteiger partial charge in [-0.2, -0.15) is 0 Å². The average molecular weight is 446 g/mol. The van der Waals surface area contributed by atoms with Crippen LogP contribution in [0.25, 0.3) is 10.8 Å². The minimum absolute atomic E-state index is 0.366. The van der Waals surface area contributed by atoms with Crippen molar-refractivity contribution in [2.45, 2.75) is 6.42 Å². The molecule has 0 aromatic heterocycles. The molecule has 166 valence electrons. The Morgan fingerprint density at radius 1 is 0.758 bits per heavy atom. The molecule has 9 heteroatoms. The number of carbonyl (C=O) groups is 1. The van der Waals surface area contributed by atoms with E-state index >= 15 is 0 Å². The van der Waals surface area contributed by atoms with Crippen molar-refractivity contribution in [3.63, 3.8) is 0 Å². The van der Waals surface area contributed by atoms with Gasteiger partial charge in [-0.1, -0.05) is 60.7 Å². The zero-order valence-electron chi connectivity index (χ0n) is 17.1. The molecule has 0 bridgehead atoms. The van der Waals surface area contributed by atoms with Crippen molar-refractivity contribution in [1.82, 2.24) is 0 Å². The van der Waals surface area contributed by atoms with Crippen LogP contribution in [-0.4, -0.2) is 26.0 Å². The number of carboxylic acids is 1. The van der Waals surface area contributed by atoms with Gasteiger partial charge in [-0.3, -0.25) is 20.2 Å². The number of aromatic carboxylic acids is 1. The molecule has 0 fully saturated rings. The summed E-state index contributed by atoms with van der Waals surface area (Å²) >= 11 is 0. The molecule has 33 heavy (non-hydrogen) atoms. The van der Waals surface area contributed by atoms with Crippen LogP contribution < -0.4 is 0 Å². The summed E-state index contributed by atoms with van der Waals surface area (Å²) in [4.78, 5) is 29.4. The summed E-state index contributed by atoms with van der Waals surface area (Å²) in [6, 6.07) is 24.4. The number of fused-ring (bicyclic) bond motifs is 1. The van der Waals surface area contributed by atoms with Gasteiger partial charge in [0.05, 0.1) is 21.5 Å². The number of phenolic OH excluding ortho intramolecular Hbond substituents is 1. The first-order valence-electron chi connectivity index (χ1n) is 9.67. The van der Waals surface area contributed by atoms with E-state index < -0.39 is 32.8 Å². The van der Waals surface area contributed by atoms with E-state index in [4.69, 9.17) is 5.11 Å². The van der Waals surface area contributed by atoms with E-state index in [0.717, 1.165) is 24.1 Å². The van der Waals surface area contributed by atoms with E-state index in [1.54, 1.807) is 6.07 Å². The predicted octanol–water partition coefficient (Wildman–Crippen LogP) is 5.34. The zero-order valence-corrected chi connectivity index (χ0v) is 17.1. The van der Waals surface area contributed by atoms with Crippen molar-refractivity contribution in [2.24, 2.45) is 0 Å². The third kappa shape index (κ3) is 5.67. The minimum atomic E-state index is -1.46. The number of non-ortho nitro benzene ring substituents is 2. The standard InChI is InChI=1S/C17H14O.C7H4N2O6/c18-17-11-4-2-7-15(17)12-14-9-5-8-13-6-1-3-10-16(13)14;10-7(11)4-1-5(8(12)13)3-6(2-4)9(14)15/h1-11,18H,12H2;1-3H,(H,10,11). The maximum Gasteiger partial charge on any atom is 0.336 e. The molecular weight excluding hydrogens is 428 g/mol. The lowest BCUT2D eigenvalue weighted by atomic mass is 9.98. The van der Waals surface area contributed by atoms with Gasteiger partial charge in [0.1, 0.15) is 5.75 Å². The Bertz CT molecular complexity index is 1270. The highest BCUT2D eigenvalue weighted by molar-refractivity contribution is 5.89. The maximum absolute atomic E-state index is 10.5. The first-order chi connectivity index (χ1) is 15.8. The fourth-order valence-electron chi connectivity index (χ4n) is 3.24. The van der Waals surface area contributed by atoms with Gasteiger partial charge in [-0.25, -0.2) is 4.79 Å². The van der Waals surface area contributed by atoms with Crippen molar-refractivity contribution in [1.29, 1.82) is 0 Å². The smallest absolute Gasteiger partial charge is 0.336 e. The summed E-state index contributed by atoms with van der Waals surface area (Å²) in [5.41, 5.74) is 0.475. The second-order valence-electron chi connectivity index (χ2n) is 7.00. The van der Waals surface area contributed by atoms with E-state index in [1.807, 2.05) is 24.3 Å². The van der Waals surface area contributed by atoms with Crippen LogP contribution in [0.1, 0.15) is 21.5 Å². The SMILES string of the molecule is O=C(O)c1cc([N+](=O)[O-])cc([N+](=O)[O-])c1.Oc1ccccc1Cc1cccc2ccccc12. The van der Waals surface area contributed by atoms with Crippen molar-refractivity contribution in [2.75, 3.05) is 0 Å². The van der Waals surface area contributed by atoms with Crippen molar-refractivity contribution in [3.05, 3.63) is 122 Å². The summed E-state index contributed by atoms with van der Waals surface area (Å²) in [5, 5.41) is 41.6. The first kappa shape index (κ1) is 22.9. The highest BCUT2D eigenvalue weighted by Crippen LogP contribution is 2.25. The molecule has 4 aromatic rings. The monoisotopic (exact) mass is 446 g/mol. The molecule has 0 aliphatic heterocycles. The Hall–Kier alpha value is -4.79. The summed E-state index contributed by atoms with van der Waals surface area (Å²) in [7, 11) is 0. The Balaban J connectivity index is 0.000000190. The van der Waals surface area contributed by atoms with Crippen LogP contribution in [0, 0.1) is 20.2 Å². The van der Waals surface area contributed by atoms with E-state index in [-0.39, 0.29) is 0 Å². The zero-order chi connectivity index (χ0) is 24.0. The number of hydrogen-bond acceptors (Lipinski definition) is 6. The van der Waals surface area contributed by atoms with E-state index in [9.17, 15) is 30.1 Å². The summed E-state index contributed by atoms with van der Waals surface area (Å²) < 4.78 is 0. The lowest BCUT2D eigenvalue weighted by Crippen LogP contribution is -2.00. The molecule has 0 saturated carbocycles. The van der Waals surface area contributed by atoms with Crippen molar-refractivity contribution >= 4 is 28.1 Å². The molecule has 0 aliphatic rings. The Morgan fingerprint density at radius 2 is 1.30 bits per heavy atom. The number of nitro benzene ring substituents is 2. The fourth-order valence-corrected chi connectivity index (χ4v) is 3.24. The van der Waals surface area contributed by atoms with E-state index in [1.165, 1.54) is 16.3 Å². The molecule has 4 aromatic carbocycles. The number of phenols is 1. The van der Waals surface area contributed by atoms with E-state index in [0.29, 0.717) is 11.8 Å². The number of nitrogens with zero attached hydrogens (tertiary/aromatic N) is 2. The number of rotatable bonds is 5. The second kappa shape index (κ2) is 10.0. The third-order valence-corrected chi connectivity index (χ3v) is 4.82. The Morgan fingerprint density at radius 3 is 1.91 bits per heavy atom. The van der Waals surface area contributed by atoms with Crippen LogP contribution in [0.3, 0.4) is 0 Å². The number of nitro groups is 2. The largest absolute Gasteiger partial charge is 0.508 e. The molecule has 0 heterocycles. The molecule has 0 saturated heterocycles. The van der Waals surface area contributed by atoms with Crippen molar-refractivity contribution in [3.8, 4) is 5.75 Å². The van der Waals surface area contributed by atoms with Crippen molar-refractivity contribution < 1.29 is 24.9 Å². The number of benzene rings is 4. The van der Waals surface area contributed by atoms with Gasteiger partial charge in [0.15, 0.2) is 0 Å². The van der Waals surface area contributed by atoms with Crippen LogP contribution in [-0.2, 0) is 6.42 Å². The van der Waals surface area contributed by atoms with Gasteiger partial charge < -0.3 is 10.2 Å². The molecule has 0 amide bonds. The molecule has 0 radical (unpaired) electrons. The van der Waals surface area contributed by atoms with Gasteiger partial charge in [0.2, 0.25) is 0 Å². The number of carboxylic acid groups (broad SMARTS) is 1. The highest BCUT2D eigenvalue weighted by atomic mass is 16.6. The average Bonchev–Trinajstić information content (AvgIpc) is 2.81. The first-order valence-corrected chi connectivity index (χ1v) is 9.67. The topological polar surface area (TPSA) is 144 Å². The van der Waals surface area contributed by atoms with Crippen LogP contribution >= 0.6 is 0 Å². The Labute approximate surface area is 187 Å². The minimum Gasteiger partial charge on any atom is -0.508 e. The molecule has 0 spiro atoms. The summed E-state index contributed by atoms with van der Waals surface area (Å²) in [6.07, 6.45) is 0.758. The number of aromatic hydroxyl groups is 1. The maximum atomic E-state index is 10.5. The van der Waals surface area contributed by atoms with Crippen LogP contribution in [0.5, 0.6) is 5.75 Å². The highest BCUT2D eigenvalue weighted by Gasteiger charge is 2.19. The Kier molecular flexibility index (Phi) is 6.94. The molecule has 2 N–H and O–H groups in total. The third-order valence-electron chi connectivity index (χ3n) is 4.82. The quantitative estimate of drug-likeness (QED) is 0.311. The van der Waals surface area contributed by atoms with E-state index in [2.05, 4.69) is 36.4 Å². The number of hydrogen-bond donors (Lipinski definition) is 2. The van der Waals surface area contributed by atoms with Gasteiger partial charge >= 0.3 is 5.97 Å². The summed E-state index contributed by atoms with van der Waals surface area (Å²) in [6.45, 7) is 0. The lowest BCUT2D eigenvalue weighted by Gasteiger charge is -2.08. The van der Waals surface area contributed by atoms with Gasteiger partial charge in [0.25, 0.3) is 11.4 Å². The van der Waals surface area contributed by atoms with Gasteiger partial charge in [-0.05, 0) is 28.0 Å². The van der Waals surface area contributed by atoms with Crippen LogP contribution in [0.15, 0.2) is 84.9 Å². The van der Waals surface area contributed by atoms with Gasteiger partial charge in [0, 0.05) is 18.6 Å². The predicted molar refractivity (Wildman–Crippen MR) is 122 cm³/mol. The van der Waals surface area contributed by atoms with Gasteiger partial charge in [-0.15, -0.1) is 0 Å². The summed E-state index contributed by atoms with van der Waals surface area (Å²) in [5.74, 6) is -1.09. The molecule has 0 aliphatic carbocycles. The molecule has 9 nitrogen and oxygen atoms in total. The molecule has 0 unspecified atom stereocenters. The van der Waals surface area contributed by atoms with Crippen LogP contribution in [0.4, 0.5) is 11.4 Å².